The number of thiophene rings is 1. The fourth-order valence-corrected chi connectivity index (χ4v) is 3.95. The van der Waals surface area contributed by atoms with Crippen molar-refractivity contribution in [2.24, 2.45) is 0 Å². The Kier molecular flexibility index (Phi) is 5.78. The van der Waals surface area contributed by atoms with Crippen LogP contribution in [-0.4, -0.2) is 18.9 Å². The van der Waals surface area contributed by atoms with E-state index in [1.165, 1.54) is 31.4 Å². The third-order valence-corrected chi connectivity index (χ3v) is 5.38. The van der Waals surface area contributed by atoms with Crippen molar-refractivity contribution in [3.63, 3.8) is 0 Å². The molecule has 0 atom stereocenters. The molecule has 0 unspecified atom stereocenters. The lowest BCUT2D eigenvalue weighted by molar-refractivity contribution is -0.114. The number of hydrogen-bond donors (Lipinski definition) is 2. The number of halogens is 1. The number of methoxy groups -OCH3 is 1. The summed E-state index contributed by atoms with van der Waals surface area (Å²) in [6.45, 7) is 1.40. The minimum Gasteiger partial charge on any atom is -0.495 e. The number of nitrogens with one attached hydrogen (secondary N) is 2. The molecule has 0 fully saturated rings. The molecule has 3 rings (SSSR count). The molecule has 1 heterocycles. The van der Waals surface area contributed by atoms with Gasteiger partial charge in [0.1, 0.15) is 5.75 Å². The monoisotopic (exact) mass is 400 g/mol. The van der Waals surface area contributed by atoms with Crippen LogP contribution in [0.5, 0.6) is 5.75 Å². The highest BCUT2D eigenvalue weighted by Gasteiger charge is 2.09. The van der Waals surface area contributed by atoms with Gasteiger partial charge in [-0.15, -0.1) is 11.3 Å². The van der Waals surface area contributed by atoms with Gasteiger partial charge in [0.05, 0.1) is 17.8 Å². The zero-order valence-electron chi connectivity index (χ0n) is 14.7. The van der Waals surface area contributed by atoms with Crippen LogP contribution in [-0.2, 0) is 9.59 Å². The van der Waals surface area contributed by atoms with Crippen molar-refractivity contribution in [2.45, 2.75) is 6.92 Å². The number of fused-ring (bicyclic) bond motifs is 1. The first-order valence-electron chi connectivity index (χ1n) is 8.09. The maximum atomic E-state index is 12.2. The first-order valence-corrected chi connectivity index (χ1v) is 9.29. The summed E-state index contributed by atoms with van der Waals surface area (Å²) in [5, 5.41) is 7.04. The van der Waals surface area contributed by atoms with Crippen LogP contribution >= 0.6 is 22.9 Å². The Hall–Kier alpha value is -2.83. The average molecular weight is 401 g/mol. The molecule has 0 saturated carbocycles. The van der Waals surface area contributed by atoms with Crippen molar-refractivity contribution >= 4 is 62.3 Å². The lowest BCUT2D eigenvalue weighted by atomic mass is 10.2. The van der Waals surface area contributed by atoms with Gasteiger partial charge in [-0.3, -0.25) is 9.59 Å². The van der Waals surface area contributed by atoms with E-state index in [-0.39, 0.29) is 11.8 Å². The van der Waals surface area contributed by atoms with E-state index in [2.05, 4.69) is 10.6 Å². The van der Waals surface area contributed by atoms with Crippen molar-refractivity contribution in [1.29, 1.82) is 0 Å². The molecule has 0 spiro atoms. The van der Waals surface area contributed by atoms with Crippen LogP contribution in [0.15, 0.2) is 48.5 Å². The summed E-state index contributed by atoms with van der Waals surface area (Å²) >= 11 is 7.90. The molecule has 0 radical (unpaired) electrons. The van der Waals surface area contributed by atoms with Crippen LogP contribution < -0.4 is 15.4 Å². The fourth-order valence-electron chi connectivity index (χ4n) is 2.55. The van der Waals surface area contributed by atoms with E-state index in [9.17, 15) is 9.59 Å². The Morgan fingerprint density at radius 2 is 1.93 bits per heavy atom. The molecule has 0 bridgehead atoms. The van der Waals surface area contributed by atoms with Gasteiger partial charge < -0.3 is 15.4 Å². The second-order valence-corrected chi connectivity index (χ2v) is 7.16. The Balaban J connectivity index is 1.76. The van der Waals surface area contributed by atoms with Crippen LogP contribution in [0, 0.1) is 0 Å². The van der Waals surface area contributed by atoms with Gasteiger partial charge in [-0.1, -0.05) is 29.8 Å². The van der Waals surface area contributed by atoms with Crippen LogP contribution in [0.25, 0.3) is 16.2 Å². The summed E-state index contributed by atoms with van der Waals surface area (Å²) in [6, 6.07) is 12.8. The second kappa shape index (κ2) is 8.24. The number of rotatable bonds is 5. The van der Waals surface area contributed by atoms with E-state index in [4.69, 9.17) is 16.3 Å². The lowest BCUT2D eigenvalue weighted by Gasteiger charge is -2.11. The van der Waals surface area contributed by atoms with Gasteiger partial charge in [0, 0.05) is 33.7 Å². The van der Waals surface area contributed by atoms with Gasteiger partial charge in [0.25, 0.3) is 0 Å². The van der Waals surface area contributed by atoms with Crippen molar-refractivity contribution < 1.29 is 14.3 Å². The van der Waals surface area contributed by atoms with Gasteiger partial charge in [0.2, 0.25) is 11.8 Å². The van der Waals surface area contributed by atoms with Crippen molar-refractivity contribution in [3.8, 4) is 5.75 Å². The third-order valence-electron chi connectivity index (χ3n) is 3.72. The zero-order valence-corrected chi connectivity index (χ0v) is 16.3. The molecule has 2 amide bonds. The molecular weight excluding hydrogens is 384 g/mol. The Bertz CT molecular complexity index is 1040. The van der Waals surface area contributed by atoms with Crippen molar-refractivity contribution in [1.82, 2.24) is 0 Å². The molecule has 1 aromatic heterocycles. The molecule has 5 nitrogen and oxygen atoms in total. The highest BCUT2D eigenvalue weighted by Crippen LogP contribution is 2.36. The number of carbonyl (C=O) groups excluding carboxylic acids is 2. The standard InChI is InChI=1S/C20H17ClN2O3S/c1-12(24)22-15-11-13(7-8-16(15)26-2)23-19(25)10-9-18-20(21)14-5-3-4-6-17(14)27-18/h3-11H,1-2H3,(H,22,24)(H,23,25)/b10-9+. The van der Waals surface area contributed by atoms with Gasteiger partial charge in [-0.25, -0.2) is 0 Å². The minimum absolute atomic E-state index is 0.226. The van der Waals surface area contributed by atoms with E-state index in [1.807, 2.05) is 24.3 Å². The molecule has 2 N–H and O–H groups in total. The highest BCUT2D eigenvalue weighted by molar-refractivity contribution is 7.20. The van der Waals surface area contributed by atoms with E-state index in [0.717, 1.165) is 15.0 Å². The molecule has 27 heavy (non-hydrogen) atoms. The predicted molar refractivity (Wildman–Crippen MR) is 112 cm³/mol. The molecule has 138 valence electrons. The second-order valence-electron chi connectivity index (χ2n) is 5.70. The smallest absolute Gasteiger partial charge is 0.248 e. The number of benzene rings is 2. The molecule has 0 saturated heterocycles. The molecule has 7 heteroatoms. The van der Waals surface area contributed by atoms with E-state index >= 15 is 0 Å². The Labute approximate surface area is 165 Å². The average Bonchev–Trinajstić information content (AvgIpc) is 2.96. The summed E-state index contributed by atoms with van der Waals surface area (Å²) in [4.78, 5) is 24.4. The first kappa shape index (κ1) is 18.9. The number of anilines is 2. The van der Waals surface area contributed by atoms with E-state index in [1.54, 1.807) is 24.3 Å². The Morgan fingerprint density at radius 1 is 1.15 bits per heavy atom. The third kappa shape index (κ3) is 4.48. The number of carbonyl (C=O) groups is 2. The first-order chi connectivity index (χ1) is 13.0. The van der Waals surface area contributed by atoms with Gasteiger partial charge in [-0.05, 0) is 30.3 Å². The van der Waals surface area contributed by atoms with Crippen LogP contribution in [0.2, 0.25) is 5.02 Å². The summed E-state index contributed by atoms with van der Waals surface area (Å²) in [6.07, 6.45) is 3.12. The number of amides is 2. The summed E-state index contributed by atoms with van der Waals surface area (Å²) in [5.41, 5.74) is 1.02. The Morgan fingerprint density at radius 3 is 2.63 bits per heavy atom. The van der Waals surface area contributed by atoms with Gasteiger partial charge in [0.15, 0.2) is 0 Å². The van der Waals surface area contributed by atoms with Crippen LogP contribution in [0.3, 0.4) is 0 Å². The minimum atomic E-state index is -0.303. The van der Waals surface area contributed by atoms with Gasteiger partial charge >= 0.3 is 0 Å². The molecule has 0 aliphatic heterocycles. The topological polar surface area (TPSA) is 67.4 Å². The molecular formula is C20H17ClN2O3S. The van der Waals surface area contributed by atoms with E-state index < -0.39 is 0 Å². The van der Waals surface area contributed by atoms with E-state index in [0.29, 0.717) is 22.1 Å². The number of hydrogen-bond acceptors (Lipinski definition) is 4. The van der Waals surface area contributed by atoms with Crippen molar-refractivity contribution in [2.75, 3.05) is 17.7 Å². The maximum Gasteiger partial charge on any atom is 0.248 e. The molecule has 0 aliphatic carbocycles. The predicted octanol–water partition coefficient (Wildman–Crippen LogP) is 5.17. The van der Waals surface area contributed by atoms with Crippen molar-refractivity contribution in [3.05, 3.63) is 58.4 Å². The highest BCUT2D eigenvalue weighted by atomic mass is 35.5. The summed E-state index contributed by atoms with van der Waals surface area (Å²) < 4.78 is 6.27. The summed E-state index contributed by atoms with van der Waals surface area (Å²) in [7, 11) is 1.51. The normalized spacial score (nSPS) is 10.9. The van der Waals surface area contributed by atoms with Crippen LogP contribution in [0.4, 0.5) is 11.4 Å². The quantitative estimate of drug-likeness (QED) is 0.580. The maximum absolute atomic E-state index is 12.2. The van der Waals surface area contributed by atoms with Crippen LogP contribution in [0.1, 0.15) is 11.8 Å². The number of ether oxygens (including phenoxy) is 1. The summed E-state index contributed by atoms with van der Waals surface area (Å²) in [5.74, 6) is -0.0191. The van der Waals surface area contributed by atoms with Gasteiger partial charge in [-0.2, -0.15) is 0 Å². The fraction of sp³-hybridized carbons (Fsp3) is 0.100. The lowest BCUT2D eigenvalue weighted by Crippen LogP contribution is -2.10. The molecule has 3 aromatic rings. The molecule has 2 aromatic carbocycles. The molecule has 0 aliphatic rings. The largest absolute Gasteiger partial charge is 0.495 e. The zero-order chi connectivity index (χ0) is 19.4. The SMILES string of the molecule is COc1ccc(NC(=O)/C=C/c2sc3ccccc3c2Cl)cc1NC(C)=O.